The number of carbonyl (C=O) groups is 1. The first-order valence-electron chi connectivity index (χ1n) is 10.6. The molecule has 1 fully saturated rings. The molecule has 32 heavy (non-hydrogen) atoms. The van der Waals surface area contributed by atoms with Crippen LogP contribution < -0.4 is 5.32 Å². The maximum absolute atomic E-state index is 13.1. The standard InChI is InChI=1S/C22H28N4O4S2/c1-14(2)13-26-22-18(16(4)24-26)12-19(31-22)21(27)23-17-6-5-15(3)20(11-17)32(28,29)25-7-9-30-10-8-25/h5-6,11-12,14H,7-10,13H2,1-4H3,(H,23,27). The number of benzene rings is 1. The summed E-state index contributed by atoms with van der Waals surface area (Å²) in [7, 11) is -3.66. The van der Waals surface area contributed by atoms with Crippen LogP contribution in [0.15, 0.2) is 29.2 Å². The summed E-state index contributed by atoms with van der Waals surface area (Å²) in [5.74, 6) is 0.177. The van der Waals surface area contributed by atoms with Crippen LogP contribution in [0.1, 0.15) is 34.8 Å². The molecule has 0 bridgehead atoms. The molecular weight excluding hydrogens is 448 g/mol. The number of fused-ring (bicyclic) bond motifs is 1. The topological polar surface area (TPSA) is 93.5 Å². The summed E-state index contributed by atoms with van der Waals surface area (Å²) in [6.07, 6.45) is 0. The van der Waals surface area contributed by atoms with Gasteiger partial charge in [0.25, 0.3) is 5.91 Å². The van der Waals surface area contributed by atoms with Gasteiger partial charge in [0.05, 0.1) is 28.7 Å². The number of nitrogens with one attached hydrogen (secondary N) is 1. The molecule has 0 unspecified atom stereocenters. The minimum absolute atomic E-state index is 0.206. The Labute approximate surface area is 192 Å². The Hall–Kier alpha value is -2.27. The second-order valence-corrected chi connectivity index (χ2v) is 11.4. The zero-order valence-corrected chi connectivity index (χ0v) is 20.3. The van der Waals surface area contributed by atoms with Gasteiger partial charge in [0, 0.05) is 30.7 Å². The fraction of sp³-hybridized carbons (Fsp3) is 0.455. The van der Waals surface area contributed by atoms with E-state index in [-0.39, 0.29) is 10.8 Å². The van der Waals surface area contributed by atoms with E-state index in [0.29, 0.717) is 48.3 Å². The molecule has 0 spiro atoms. The molecule has 1 aromatic carbocycles. The Morgan fingerprint density at radius 2 is 1.94 bits per heavy atom. The van der Waals surface area contributed by atoms with Gasteiger partial charge in [0.1, 0.15) is 4.83 Å². The number of hydrogen-bond acceptors (Lipinski definition) is 6. The van der Waals surface area contributed by atoms with Gasteiger partial charge in [-0.15, -0.1) is 11.3 Å². The molecule has 1 amide bonds. The number of ether oxygens (including phenoxy) is 1. The third-order valence-corrected chi connectivity index (χ3v) is 8.59. The molecule has 1 N–H and O–H groups in total. The molecule has 0 saturated carbocycles. The van der Waals surface area contributed by atoms with Crippen LogP contribution in [0.25, 0.3) is 10.2 Å². The van der Waals surface area contributed by atoms with Crippen molar-refractivity contribution in [3.8, 4) is 0 Å². The maximum Gasteiger partial charge on any atom is 0.265 e. The number of aromatic nitrogens is 2. The highest BCUT2D eigenvalue weighted by molar-refractivity contribution is 7.89. The highest BCUT2D eigenvalue weighted by atomic mass is 32.2. The minimum Gasteiger partial charge on any atom is -0.379 e. The van der Waals surface area contributed by atoms with Crippen molar-refractivity contribution in [1.29, 1.82) is 0 Å². The molecule has 4 rings (SSSR count). The predicted molar refractivity (Wildman–Crippen MR) is 126 cm³/mol. The van der Waals surface area contributed by atoms with Crippen LogP contribution in [0, 0.1) is 19.8 Å². The number of anilines is 1. The molecule has 1 aliphatic heterocycles. The summed E-state index contributed by atoms with van der Waals surface area (Å²) in [5.41, 5.74) is 1.98. The molecule has 172 valence electrons. The third-order valence-electron chi connectivity index (χ3n) is 5.40. The van der Waals surface area contributed by atoms with Crippen molar-refractivity contribution in [2.75, 3.05) is 31.6 Å². The molecule has 1 saturated heterocycles. The van der Waals surface area contributed by atoms with E-state index in [1.165, 1.54) is 21.7 Å². The monoisotopic (exact) mass is 476 g/mol. The van der Waals surface area contributed by atoms with Crippen molar-refractivity contribution in [2.24, 2.45) is 5.92 Å². The molecule has 0 atom stereocenters. The lowest BCUT2D eigenvalue weighted by Crippen LogP contribution is -2.40. The summed E-state index contributed by atoms with van der Waals surface area (Å²) in [6.45, 7) is 10.2. The number of nitrogens with zero attached hydrogens (tertiary/aromatic N) is 3. The minimum atomic E-state index is -3.66. The quantitative estimate of drug-likeness (QED) is 0.586. The van der Waals surface area contributed by atoms with Crippen molar-refractivity contribution >= 4 is 43.2 Å². The number of carbonyl (C=O) groups excluding carboxylic acids is 1. The van der Waals surface area contributed by atoms with E-state index >= 15 is 0 Å². The third kappa shape index (κ3) is 4.45. The number of sulfonamides is 1. The van der Waals surface area contributed by atoms with Gasteiger partial charge >= 0.3 is 0 Å². The molecule has 2 aromatic heterocycles. The summed E-state index contributed by atoms with van der Waals surface area (Å²) in [5, 5.41) is 8.42. The Kier molecular flexibility index (Phi) is 6.39. The summed E-state index contributed by atoms with van der Waals surface area (Å²) >= 11 is 1.40. The van der Waals surface area contributed by atoms with Crippen molar-refractivity contribution in [2.45, 2.75) is 39.1 Å². The van der Waals surface area contributed by atoms with E-state index < -0.39 is 10.0 Å². The first-order chi connectivity index (χ1) is 15.2. The molecule has 1 aliphatic rings. The van der Waals surface area contributed by atoms with Gasteiger partial charge in [-0.25, -0.2) is 8.42 Å². The van der Waals surface area contributed by atoms with Crippen LogP contribution >= 0.6 is 11.3 Å². The van der Waals surface area contributed by atoms with Gasteiger partial charge < -0.3 is 10.1 Å². The molecule has 10 heteroatoms. The predicted octanol–water partition coefficient (Wildman–Crippen LogP) is 3.64. The zero-order chi connectivity index (χ0) is 23.0. The second kappa shape index (κ2) is 8.93. The molecule has 3 heterocycles. The highest BCUT2D eigenvalue weighted by Gasteiger charge is 2.28. The first-order valence-corrected chi connectivity index (χ1v) is 12.9. The Morgan fingerprint density at radius 1 is 1.22 bits per heavy atom. The molecule has 8 nitrogen and oxygen atoms in total. The first kappa shape index (κ1) is 22.9. The van der Waals surface area contributed by atoms with E-state index in [9.17, 15) is 13.2 Å². The summed E-state index contributed by atoms with van der Waals surface area (Å²) < 4.78 is 34.9. The SMILES string of the molecule is Cc1ccc(NC(=O)c2cc3c(C)nn(CC(C)C)c3s2)cc1S(=O)(=O)N1CCOCC1. The Bertz CT molecular complexity index is 1250. The normalized spacial score (nSPS) is 15.5. The van der Waals surface area contributed by atoms with Gasteiger partial charge in [-0.2, -0.15) is 9.40 Å². The maximum atomic E-state index is 13.1. The number of morpholine rings is 1. The van der Waals surface area contributed by atoms with Gasteiger partial charge in [0.15, 0.2) is 0 Å². The van der Waals surface area contributed by atoms with Crippen LogP contribution in [-0.2, 0) is 21.3 Å². The average Bonchev–Trinajstić information content (AvgIpc) is 3.31. The average molecular weight is 477 g/mol. The highest BCUT2D eigenvalue weighted by Crippen LogP contribution is 2.30. The van der Waals surface area contributed by atoms with Crippen LogP contribution in [0.3, 0.4) is 0 Å². The Morgan fingerprint density at radius 3 is 2.62 bits per heavy atom. The molecule has 3 aromatic rings. The van der Waals surface area contributed by atoms with Crippen molar-refractivity contribution in [3.05, 3.63) is 40.4 Å². The molecule has 0 aliphatic carbocycles. The Balaban J connectivity index is 1.59. The lowest BCUT2D eigenvalue weighted by atomic mass is 10.2. The van der Waals surface area contributed by atoms with E-state index in [4.69, 9.17) is 4.74 Å². The van der Waals surface area contributed by atoms with Crippen LogP contribution in [0.4, 0.5) is 5.69 Å². The number of aryl methyl sites for hydroxylation is 2. The molecular formula is C22H28N4O4S2. The van der Waals surface area contributed by atoms with E-state index in [2.05, 4.69) is 24.3 Å². The van der Waals surface area contributed by atoms with Gasteiger partial charge in [0.2, 0.25) is 10.0 Å². The van der Waals surface area contributed by atoms with E-state index in [1.807, 2.05) is 17.7 Å². The van der Waals surface area contributed by atoms with Crippen molar-refractivity contribution < 1.29 is 17.9 Å². The van der Waals surface area contributed by atoms with Crippen LogP contribution in [-0.4, -0.2) is 54.7 Å². The van der Waals surface area contributed by atoms with E-state index in [0.717, 1.165) is 22.5 Å². The second-order valence-electron chi connectivity index (χ2n) is 8.44. The van der Waals surface area contributed by atoms with Crippen molar-refractivity contribution in [3.63, 3.8) is 0 Å². The smallest absolute Gasteiger partial charge is 0.265 e. The number of hydrogen-bond donors (Lipinski definition) is 1. The number of rotatable bonds is 6. The fourth-order valence-electron chi connectivity index (χ4n) is 3.77. The summed E-state index contributed by atoms with van der Waals surface area (Å²) in [4.78, 5) is 14.7. The van der Waals surface area contributed by atoms with Gasteiger partial charge in [-0.05, 0) is 43.5 Å². The number of thiophene rings is 1. The molecule has 0 radical (unpaired) electrons. The fourth-order valence-corrected chi connectivity index (χ4v) is 6.49. The van der Waals surface area contributed by atoms with Gasteiger partial charge in [-0.1, -0.05) is 19.9 Å². The van der Waals surface area contributed by atoms with Crippen molar-refractivity contribution in [1.82, 2.24) is 14.1 Å². The van der Waals surface area contributed by atoms with E-state index in [1.54, 1.807) is 19.1 Å². The van der Waals surface area contributed by atoms with Crippen LogP contribution in [0.5, 0.6) is 0 Å². The number of amides is 1. The zero-order valence-electron chi connectivity index (χ0n) is 18.7. The lowest BCUT2D eigenvalue weighted by molar-refractivity contribution is 0.0730. The largest absolute Gasteiger partial charge is 0.379 e. The lowest BCUT2D eigenvalue weighted by Gasteiger charge is -2.26. The van der Waals surface area contributed by atoms with Gasteiger partial charge in [-0.3, -0.25) is 9.48 Å². The summed E-state index contributed by atoms with van der Waals surface area (Å²) in [6, 6.07) is 6.84. The van der Waals surface area contributed by atoms with Crippen LogP contribution in [0.2, 0.25) is 0 Å².